The molecule has 2 aromatic carbocycles. The van der Waals surface area contributed by atoms with Crippen LogP contribution in [-0.4, -0.2) is 8.42 Å². The van der Waals surface area contributed by atoms with Gasteiger partial charge in [0.05, 0.1) is 10.7 Å². The highest BCUT2D eigenvalue weighted by Gasteiger charge is 2.24. The second kappa shape index (κ2) is 5.75. The summed E-state index contributed by atoms with van der Waals surface area (Å²) in [4.78, 5) is -1.03. The van der Waals surface area contributed by atoms with Crippen LogP contribution in [0.2, 0.25) is 10.0 Å². The molecule has 3 nitrogen and oxygen atoms in total. The molecule has 0 fully saturated rings. The number of hydrogen-bond donors (Lipinski definition) is 1. The van der Waals surface area contributed by atoms with E-state index < -0.39 is 32.4 Å². The number of hydrogen-bond acceptors (Lipinski definition) is 2. The standard InChI is InChI=1S/C12H6Cl2F3NO2S/c13-6-1-3-9(7(14)5-6)18-21(19,20)10-4-2-8(15)11(16)12(10)17/h1-5,18H. The normalized spacial score (nSPS) is 11.5. The lowest BCUT2D eigenvalue weighted by Gasteiger charge is -2.11. The quantitative estimate of drug-likeness (QED) is 0.838. The van der Waals surface area contributed by atoms with Gasteiger partial charge in [0.2, 0.25) is 0 Å². The zero-order chi connectivity index (χ0) is 15.8. The molecule has 21 heavy (non-hydrogen) atoms. The molecule has 0 saturated carbocycles. The number of nitrogens with one attached hydrogen (secondary N) is 1. The molecule has 112 valence electrons. The molecular formula is C12H6Cl2F3NO2S. The smallest absolute Gasteiger partial charge is 0.264 e. The molecule has 0 amide bonds. The van der Waals surface area contributed by atoms with Gasteiger partial charge in [-0.3, -0.25) is 4.72 Å². The number of halogens is 5. The van der Waals surface area contributed by atoms with Crippen LogP contribution in [0.25, 0.3) is 0 Å². The van der Waals surface area contributed by atoms with E-state index in [0.717, 1.165) is 0 Å². The molecule has 2 rings (SSSR count). The SMILES string of the molecule is O=S(=O)(Nc1ccc(Cl)cc1Cl)c1ccc(F)c(F)c1F. The Morgan fingerprint density at radius 1 is 0.952 bits per heavy atom. The summed E-state index contributed by atoms with van der Waals surface area (Å²) in [5.41, 5.74) is -0.0785. The highest BCUT2D eigenvalue weighted by atomic mass is 35.5. The first-order valence-electron chi connectivity index (χ1n) is 5.34. The van der Waals surface area contributed by atoms with E-state index in [9.17, 15) is 21.6 Å². The molecule has 2 aromatic rings. The van der Waals surface area contributed by atoms with Crippen LogP contribution in [0, 0.1) is 17.5 Å². The van der Waals surface area contributed by atoms with Gasteiger partial charge < -0.3 is 0 Å². The van der Waals surface area contributed by atoms with E-state index in [1.165, 1.54) is 18.2 Å². The van der Waals surface area contributed by atoms with E-state index in [2.05, 4.69) is 0 Å². The van der Waals surface area contributed by atoms with Gasteiger partial charge in [-0.2, -0.15) is 0 Å². The number of anilines is 1. The summed E-state index contributed by atoms with van der Waals surface area (Å²) < 4.78 is 65.4. The lowest BCUT2D eigenvalue weighted by atomic mass is 10.3. The van der Waals surface area contributed by atoms with Crippen LogP contribution in [0.1, 0.15) is 0 Å². The Morgan fingerprint density at radius 2 is 1.62 bits per heavy atom. The predicted molar refractivity (Wildman–Crippen MR) is 73.6 cm³/mol. The lowest BCUT2D eigenvalue weighted by molar-refractivity contribution is 0.432. The van der Waals surface area contributed by atoms with Crippen molar-refractivity contribution in [3.63, 3.8) is 0 Å². The third-order valence-electron chi connectivity index (χ3n) is 2.46. The van der Waals surface area contributed by atoms with E-state index in [4.69, 9.17) is 23.2 Å². The Kier molecular flexibility index (Phi) is 4.36. The molecule has 0 bridgehead atoms. The Labute approximate surface area is 128 Å². The van der Waals surface area contributed by atoms with E-state index in [0.29, 0.717) is 12.1 Å². The van der Waals surface area contributed by atoms with Gasteiger partial charge in [-0.15, -0.1) is 0 Å². The van der Waals surface area contributed by atoms with Crippen LogP contribution in [-0.2, 0) is 10.0 Å². The average Bonchev–Trinajstić information content (AvgIpc) is 2.39. The van der Waals surface area contributed by atoms with Gasteiger partial charge in [-0.25, -0.2) is 21.6 Å². The Balaban J connectivity index is 2.46. The molecule has 0 aromatic heterocycles. The zero-order valence-electron chi connectivity index (χ0n) is 10.0. The zero-order valence-corrected chi connectivity index (χ0v) is 12.3. The largest absolute Gasteiger partial charge is 0.278 e. The Bertz CT molecular complexity index is 812. The molecule has 0 aliphatic heterocycles. The van der Waals surface area contributed by atoms with Crippen LogP contribution < -0.4 is 4.72 Å². The minimum Gasteiger partial charge on any atom is -0.278 e. The van der Waals surface area contributed by atoms with E-state index in [1.54, 1.807) is 0 Å². The van der Waals surface area contributed by atoms with Crippen LogP contribution in [0.15, 0.2) is 35.2 Å². The predicted octanol–water partition coefficient (Wildman–Crippen LogP) is 4.21. The van der Waals surface area contributed by atoms with Gasteiger partial charge in [-0.1, -0.05) is 23.2 Å². The Hall–Kier alpha value is -1.44. The van der Waals surface area contributed by atoms with E-state index in [1.807, 2.05) is 4.72 Å². The highest BCUT2D eigenvalue weighted by molar-refractivity contribution is 7.92. The summed E-state index contributed by atoms with van der Waals surface area (Å²) in [7, 11) is -4.48. The first-order chi connectivity index (χ1) is 9.72. The molecule has 0 heterocycles. The monoisotopic (exact) mass is 355 g/mol. The molecule has 9 heteroatoms. The third-order valence-corrected chi connectivity index (χ3v) is 4.40. The molecule has 0 unspecified atom stereocenters. The van der Waals surface area contributed by atoms with E-state index >= 15 is 0 Å². The van der Waals surface area contributed by atoms with E-state index in [-0.39, 0.29) is 15.7 Å². The van der Waals surface area contributed by atoms with Gasteiger partial charge in [-0.05, 0) is 30.3 Å². The van der Waals surface area contributed by atoms with Gasteiger partial charge in [0.1, 0.15) is 4.90 Å². The fourth-order valence-electron chi connectivity index (χ4n) is 1.49. The summed E-state index contributed by atoms with van der Waals surface area (Å²) in [5, 5.41) is 0.232. The lowest BCUT2D eigenvalue weighted by Crippen LogP contribution is -2.16. The van der Waals surface area contributed by atoms with Crippen LogP contribution in [0.5, 0.6) is 0 Å². The van der Waals surface area contributed by atoms with Crippen molar-refractivity contribution < 1.29 is 21.6 Å². The van der Waals surface area contributed by atoms with Gasteiger partial charge in [0.25, 0.3) is 10.0 Å². The fourth-order valence-corrected chi connectivity index (χ4v) is 3.15. The summed E-state index contributed by atoms with van der Waals surface area (Å²) >= 11 is 11.4. The minimum atomic E-state index is -4.48. The van der Waals surface area contributed by atoms with Crippen molar-refractivity contribution in [2.75, 3.05) is 4.72 Å². The topological polar surface area (TPSA) is 46.2 Å². The molecule has 0 spiro atoms. The maximum atomic E-state index is 13.5. The fraction of sp³-hybridized carbons (Fsp3) is 0. The summed E-state index contributed by atoms with van der Waals surface area (Å²) in [6.07, 6.45) is 0. The first kappa shape index (κ1) is 15.9. The summed E-state index contributed by atoms with van der Waals surface area (Å²) in [5.74, 6) is -5.18. The molecule has 0 atom stereocenters. The maximum Gasteiger partial charge on any atom is 0.264 e. The van der Waals surface area contributed by atoms with Gasteiger partial charge in [0, 0.05) is 5.02 Å². The molecule has 0 radical (unpaired) electrons. The maximum absolute atomic E-state index is 13.5. The minimum absolute atomic E-state index is 0.0333. The second-order valence-electron chi connectivity index (χ2n) is 3.90. The van der Waals surface area contributed by atoms with Crippen molar-refractivity contribution in [3.8, 4) is 0 Å². The van der Waals surface area contributed by atoms with Crippen molar-refractivity contribution in [1.82, 2.24) is 0 Å². The molecule has 0 saturated heterocycles. The molecule has 1 N–H and O–H groups in total. The number of rotatable bonds is 3. The van der Waals surface area contributed by atoms with Crippen molar-refractivity contribution in [2.24, 2.45) is 0 Å². The number of benzene rings is 2. The highest BCUT2D eigenvalue weighted by Crippen LogP contribution is 2.28. The van der Waals surface area contributed by atoms with Crippen molar-refractivity contribution >= 4 is 38.9 Å². The van der Waals surface area contributed by atoms with Crippen LogP contribution in [0.3, 0.4) is 0 Å². The average molecular weight is 356 g/mol. The second-order valence-corrected chi connectivity index (χ2v) is 6.40. The van der Waals surface area contributed by atoms with Gasteiger partial charge >= 0.3 is 0 Å². The van der Waals surface area contributed by atoms with Crippen molar-refractivity contribution in [1.29, 1.82) is 0 Å². The van der Waals surface area contributed by atoms with Crippen LogP contribution >= 0.6 is 23.2 Å². The molecular weight excluding hydrogens is 350 g/mol. The number of sulfonamides is 1. The Morgan fingerprint density at radius 3 is 2.24 bits per heavy atom. The third kappa shape index (κ3) is 3.25. The summed E-state index contributed by atoms with van der Waals surface area (Å²) in [6.45, 7) is 0. The molecule has 0 aliphatic rings. The molecule has 0 aliphatic carbocycles. The van der Waals surface area contributed by atoms with Crippen molar-refractivity contribution in [3.05, 3.63) is 57.8 Å². The first-order valence-corrected chi connectivity index (χ1v) is 7.57. The summed E-state index contributed by atoms with van der Waals surface area (Å²) in [6, 6.07) is 4.99. The van der Waals surface area contributed by atoms with Gasteiger partial charge in [0.15, 0.2) is 17.5 Å². The van der Waals surface area contributed by atoms with Crippen LogP contribution in [0.4, 0.5) is 18.9 Å². The van der Waals surface area contributed by atoms with Crippen molar-refractivity contribution in [2.45, 2.75) is 4.90 Å².